The zero-order valence-corrected chi connectivity index (χ0v) is 11.6. The van der Waals surface area contributed by atoms with Gasteiger partial charge in [-0.2, -0.15) is 0 Å². The highest BCUT2D eigenvalue weighted by molar-refractivity contribution is 5.99. The molecule has 1 atom stereocenters. The Bertz CT molecular complexity index is 683. The van der Waals surface area contributed by atoms with Crippen LogP contribution in [-0.2, 0) is 13.1 Å². The van der Waals surface area contributed by atoms with Gasteiger partial charge in [0.1, 0.15) is 5.82 Å². The number of halogens is 2. The Morgan fingerprint density at radius 1 is 1.29 bits per heavy atom. The van der Waals surface area contributed by atoms with E-state index < -0.39 is 17.7 Å². The number of imidazole rings is 1. The minimum absolute atomic E-state index is 0.190. The van der Waals surface area contributed by atoms with Crippen LogP contribution in [0.25, 0.3) is 0 Å². The predicted molar refractivity (Wildman–Crippen MR) is 72.8 cm³/mol. The van der Waals surface area contributed by atoms with Crippen molar-refractivity contribution in [3.63, 3.8) is 0 Å². The monoisotopic (exact) mass is 291 g/mol. The number of nitrogens with zero attached hydrogens (tertiary/aromatic N) is 3. The van der Waals surface area contributed by atoms with Gasteiger partial charge in [-0.25, -0.2) is 13.8 Å². The minimum atomic E-state index is -0.998. The molecule has 3 rings (SSSR count). The first kappa shape index (κ1) is 13.9. The first-order valence-electron chi connectivity index (χ1n) is 6.79. The SMILES string of the molecule is CC(C(=O)c1ccc(F)c(F)c1)N1CCn2ccnc2C1. The molecule has 0 saturated heterocycles. The van der Waals surface area contributed by atoms with E-state index in [4.69, 9.17) is 0 Å². The number of hydrogen-bond donors (Lipinski definition) is 0. The molecule has 0 N–H and O–H groups in total. The molecule has 1 aromatic carbocycles. The summed E-state index contributed by atoms with van der Waals surface area (Å²) in [6.45, 7) is 3.84. The van der Waals surface area contributed by atoms with Crippen molar-refractivity contribution in [2.75, 3.05) is 6.54 Å². The quantitative estimate of drug-likeness (QED) is 0.814. The molecule has 2 heterocycles. The van der Waals surface area contributed by atoms with Crippen LogP contribution >= 0.6 is 0 Å². The van der Waals surface area contributed by atoms with Crippen LogP contribution in [0.4, 0.5) is 8.78 Å². The molecule has 1 aromatic heterocycles. The van der Waals surface area contributed by atoms with Crippen LogP contribution in [0.2, 0.25) is 0 Å². The van der Waals surface area contributed by atoms with E-state index in [0.717, 1.165) is 31.0 Å². The number of rotatable bonds is 3. The highest BCUT2D eigenvalue weighted by atomic mass is 19.2. The minimum Gasteiger partial charge on any atom is -0.333 e. The van der Waals surface area contributed by atoms with Crippen LogP contribution in [0.5, 0.6) is 0 Å². The molecule has 6 heteroatoms. The molecule has 2 aromatic rings. The molecule has 1 unspecified atom stereocenters. The summed E-state index contributed by atoms with van der Waals surface area (Å²) in [6.07, 6.45) is 3.65. The molecule has 0 saturated carbocycles. The Kier molecular flexibility index (Phi) is 3.55. The van der Waals surface area contributed by atoms with Gasteiger partial charge in [-0.3, -0.25) is 9.69 Å². The maximum atomic E-state index is 13.2. The van der Waals surface area contributed by atoms with Crippen molar-refractivity contribution in [3.8, 4) is 0 Å². The summed E-state index contributed by atoms with van der Waals surface area (Å²) in [6, 6.07) is 2.86. The van der Waals surface area contributed by atoms with Gasteiger partial charge in [0.2, 0.25) is 0 Å². The third kappa shape index (κ3) is 2.58. The lowest BCUT2D eigenvalue weighted by molar-refractivity contribution is 0.0792. The van der Waals surface area contributed by atoms with Crippen molar-refractivity contribution in [2.45, 2.75) is 26.1 Å². The van der Waals surface area contributed by atoms with Crippen LogP contribution in [0.3, 0.4) is 0 Å². The van der Waals surface area contributed by atoms with E-state index in [2.05, 4.69) is 4.98 Å². The maximum Gasteiger partial charge on any atom is 0.179 e. The molecule has 0 radical (unpaired) electrons. The van der Waals surface area contributed by atoms with Gasteiger partial charge in [-0.15, -0.1) is 0 Å². The van der Waals surface area contributed by atoms with Gasteiger partial charge >= 0.3 is 0 Å². The number of carbonyl (C=O) groups excluding carboxylic acids is 1. The molecule has 21 heavy (non-hydrogen) atoms. The predicted octanol–water partition coefficient (Wildman–Crippen LogP) is 2.25. The topological polar surface area (TPSA) is 38.1 Å². The van der Waals surface area contributed by atoms with E-state index >= 15 is 0 Å². The summed E-state index contributed by atoms with van der Waals surface area (Å²) in [5.41, 5.74) is 0.190. The van der Waals surface area contributed by atoms with Crippen LogP contribution in [0, 0.1) is 11.6 Å². The lowest BCUT2D eigenvalue weighted by atomic mass is 10.0. The second kappa shape index (κ2) is 5.37. The lowest BCUT2D eigenvalue weighted by Crippen LogP contribution is -2.43. The fraction of sp³-hybridized carbons (Fsp3) is 0.333. The van der Waals surface area contributed by atoms with Gasteiger partial charge < -0.3 is 4.57 Å². The number of fused-ring (bicyclic) bond motifs is 1. The van der Waals surface area contributed by atoms with E-state index in [1.54, 1.807) is 13.1 Å². The number of Topliss-reactive ketones (excluding diaryl/α,β-unsaturated/α-hetero) is 1. The number of ketones is 1. The standard InChI is InChI=1S/C15H15F2N3O/c1-10(15(21)11-2-3-12(16)13(17)8-11)20-7-6-19-5-4-18-14(19)9-20/h2-5,8,10H,6-7,9H2,1H3. The van der Waals surface area contributed by atoms with E-state index in [9.17, 15) is 13.6 Å². The van der Waals surface area contributed by atoms with Crippen LogP contribution in [0.1, 0.15) is 23.1 Å². The number of hydrogen-bond acceptors (Lipinski definition) is 3. The molecule has 110 valence electrons. The van der Waals surface area contributed by atoms with Gasteiger partial charge in [-0.1, -0.05) is 0 Å². The zero-order chi connectivity index (χ0) is 15.0. The van der Waals surface area contributed by atoms with Crippen LogP contribution in [-0.4, -0.2) is 32.8 Å². The average Bonchev–Trinajstić information content (AvgIpc) is 2.96. The molecule has 1 aliphatic heterocycles. The Balaban J connectivity index is 1.77. The molecule has 0 spiro atoms. The molecule has 1 aliphatic rings. The summed E-state index contributed by atoms with van der Waals surface area (Å²) in [4.78, 5) is 18.6. The summed E-state index contributed by atoms with van der Waals surface area (Å²) in [7, 11) is 0. The van der Waals surface area contributed by atoms with Crippen molar-refractivity contribution in [1.29, 1.82) is 0 Å². The first-order chi connectivity index (χ1) is 10.1. The maximum absolute atomic E-state index is 13.2. The van der Waals surface area contributed by atoms with Crippen LogP contribution in [0.15, 0.2) is 30.6 Å². The molecule has 0 aliphatic carbocycles. The Morgan fingerprint density at radius 2 is 2.10 bits per heavy atom. The van der Waals surface area contributed by atoms with E-state index in [0.29, 0.717) is 6.54 Å². The fourth-order valence-electron chi connectivity index (χ4n) is 2.58. The molecule has 4 nitrogen and oxygen atoms in total. The van der Waals surface area contributed by atoms with Crippen molar-refractivity contribution < 1.29 is 13.6 Å². The highest BCUT2D eigenvalue weighted by Crippen LogP contribution is 2.17. The number of benzene rings is 1. The molecule has 0 bridgehead atoms. The highest BCUT2D eigenvalue weighted by Gasteiger charge is 2.26. The van der Waals surface area contributed by atoms with Crippen molar-refractivity contribution in [3.05, 3.63) is 53.6 Å². The average molecular weight is 291 g/mol. The molecule has 0 amide bonds. The van der Waals surface area contributed by atoms with E-state index in [1.165, 1.54) is 6.07 Å². The first-order valence-corrected chi connectivity index (χ1v) is 6.79. The lowest BCUT2D eigenvalue weighted by Gasteiger charge is -2.31. The second-order valence-electron chi connectivity index (χ2n) is 5.18. The number of aromatic nitrogens is 2. The van der Waals surface area contributed by atoms with Gasteiger partial charge in [-0.05, 0) is 25.1 Å². The van der Waals surface area contributed by atoms with Gasteiger partial charge in [0.15, 0.2) is 17.4 Å². The second-order valence-corrected chi connectivity index (χ2v) is 5.18. The Hall–Kier alpha value is -2.08. The zero-order valence-electron chi connectivity index (χ0n) is 11.6. The largest absolute Gasteiger partial charge is 0.333 e. The third-order valence-corrected chi connectivity index (χ3v) is 3.91. The normalized spacial score (nSPS) is 16.5. The van der Waals surface area contributed by atoms with Gasteiger partial charge in [0, 0.05) is 31.0 Å². The van der Waals surface area contributed by atoms with Crippen LogP contribution < -0.4 is 0 Å². The Morgan fingerprint density at radius 3 is 2.86 bits per heavy atom. The van der Waals surface area contributed by atoms with Gasteiger partial charge in [0.25, 0.3) is 0 Å². The third-order valence-electron chi connectivity index (χ3n) is 3.91. The van der Waals surface area contributed by atoms with Crippen molar-refractivity contribution in [1.82, 2.24) is 14.5 Å². The summed E-state index contributed by atoms with van der Waals surface area (Å²) in [5.74, 6) is -1.25. The fourth-order valence-corrected chi connectivity index (χ4v) is 2.58. The summed E-state index contributed by atoms with van der Waals surface area (Å²) < 4.78 is 28.2. The van der Waals surface area contributed by atoms with Crippen molar-refractivity contribution in [2.24, 2.45) is 0 Å². The molecular formula is C15H15F2N3O. The summed E-state index contributed by atoms with van der Waals surface area (Å²) >= 11 is 0. The van der Waals surface area contributed by atoms with Gasteiger partial charge in [0.05, 0.1) is 12.6 Å². The van der Waals surface area contributed by atoms with E-state index in [-0.39, 0.29) is 11.3 Å². The van der Waals surface area contributed by atoms with E-state index in [1.807, 2.05) is 15.7 Å². The number of carbonyl (C=O) groups is 1. The smallest absolute Gasteiger partial charge is 0.179 e. The molecule has 0 fully saturated rings. The Labute approximate surface area is 121 Å². The summed E-state index contributed by atoms with van der Waals surface area (Å²) in [5, 5.41) is 0. The molecular weight excluding hydrogens is 276 g/mol. The van der Waals surface area contributed by atoms with Crippen molar-refractivity contribution >= 4 is 5.78 Å².